The minimum atomic E-state index is -4.84. The smallest absolute Gasteiger partial charge is 0.434 e. The summed E-state index contributed by atoms with van der Waals surface area (Å²) in [6.07, 6.45) is -3.60. The topological polar surface area (TPSA) is 75.4 Å². The lowest BCUT2D eigenvalue weighted by Crippen LogP contribution is -2.37. The molecule has 140 valence electrons. The molecule has 9 heteroatoms. The second-order valence-corrected chi connectivity index (χ2v) is 5.78. The fourth-order valence-corrected chi connectivity index (χ4v) is 2.59. The zero-order chi connectivity index (χ0) is 19.5. The Morgan fingerprint density at radius 1 is 1.31 bits per heavy atom. The van der Waals surface area contributed by atoms with E-state index in [1.165, 1.54) is 12.1 Å². The van der Waals surface area contributed by atoms with Gasteiger partial charge in [0.2, 0.25) is 0 Å². The number of alkyl halides is 3. The van der Waals surface area contributed by atoms with Crippen LogP contribution in [0.1, 0.15) is 35.0 Å². The molecule has 6 nitrogen and oxygen atoms in total. The van der Waals surface area contributed by atoms with Crippen LogP contribution in [0.2, 0.25) is 0 Å². The first-order chi connectivity index (χ1) is 12.1. The Bertz CT molecular complexity index is 815. The average molecular weight is 369 g/mol. The molecule has 2 rings (SSSR count). The number of carbonyl (C=O) groups excluding carboxylic acids is 1. The minimum Gasteiger partial charge on any atom is -0.480 e. The van der Waals surface area contributed by atoms with E-state index in [-0.39, 0.29) is 12.2 Å². The predicted molar refractivity (Wildman–Crippen MR) is 87.1 cm³/mol. The summed E-state index contributed by atoms with van der Waals surface area (Å²) in [5.41, 5.74) is -0.998. The van der Waals surface area contributed by atoms with Crippen molar-refractivity contribution in [3.63, 3.8) is 0 Å². The number of benzene rings is 1. The summed E-state index contributed by atoms with van der Waals surface area (Å²) in [6, 6.07) is 6.27. The summed E-state index contributed by atoms with van der Waals surface area (Å²) in [6.45, 7) is 2.77. The molecule has 0 spiro atoms. The monoisotopic (exact) mass is 369 g/mol. The highest BCUT2D eigenvalue weighted by molar-refractivity contribution is 5.97. The van der Waals surface area contributed by atoms with Crippen LogP contribution in [0.3, 0.4) is 0 Å². The van der Waals surface area contributed by atoms with Gasteiger partial charge in [0, 0.05) is 6.54 Å². The maximum atomic E-state index is 13.7. The van der Waals surface area contributed by atoms with Crippen molar-refractivity contribution >= 4 is 11.9 Å². The van der Waals surface area contributed by atoms with Gasteiger partial charge in [-0.2, -0.15) is 18.3 Å². The molecule has 0 bridgehead atoms. The SMILES string of the molecule is CCCN(CC(=O)O)C(=O)c1cnn(-c2cccc(C)c2)c1C(F)(F)F. The van der Waals surface area contributed by atoms with Crippen LogP contribution in [0.25, 0.3) is 5.69 Å². The number of hydrogen-bond acceptors (Lipinski definition) is 3. The lowest BCUT2D eigenvalue weighted by molar-refractivity contribution is -0.143. The highest BCUT2D eigenvalue weighted by atomic mass is 19.4. The second kappa shape index (κ2) is 7.59. The van der Waals surface area contributed by atoms with Gasteiger partial charge in [-0.05, 0) is 31.0 Å². The fourth-order valence-electron chi connectivity index (χ4n) is 2.59. The third-order valence-electron chi connectivity index (χ3n) is 3.62. The molecule has 26 heavy (non-hydrogen) atoms. The first-order valence-corrected chi connectivity index (χ1v) is 7.88. The summed E-state index contributed by atoms with van der Waals surface area (Å²) >= 11 is 0. The molecule has 0 atom stereocenters. The van der Waals surface area contributed by atoms with Crippen molar-refractivity contribution in [2.24, 2.45) is 0 Å². The molecule has 1 aromatic carbocycles. The van der Waals surface area contributed by atoms with Crippen molar-refractivity contribution in [1.29, 1.82) is 0 Å². The van der Waals surface area contributed by atoms with Gasteiger partial charge in [0.1, 0.15) is 6.54 Å². The molecular weight excluding hydrogens is 351 g/mol. The molecular formula is C17H18F3N3O3. The van der Waals surface area contributed by atoms with Gasteiger partial charge in [0.15, 0.2) is 5.69 Å². The number of aromatic nitrogens is 2. The van der Waals surface area contributed by atoms with E-state index in [9.17, 15) is 22.8 Å². The van der Waals surface area contributed by atoms with E-state index in [4.69, 9.17) is 5.11 Å². The van der Waals surface area contributed by atoms with Crippen LogP contribution in [0, 0.1) is 6.92 Å². The van der Waals surface area contributed by atoms with E-state index in [1.807, 2.05) is 0 Å². The Hall–Kier alpha value is -2.84. The summed E-state index contributed by atoms with van der Waals surface area (Å²) in [7, 11) is 0. The molecule has 1 aromatic heterocycles. The molecule has 1 N–H and O–H groups in total. The van der Waals surface area contributed by atoms with Crippen LogP contribution in [0.4, 0.5) is 13.2 Å². The Balaban J connectivity index is 2.55. The normalized spacial score (nSPS) is 11.4. The first-order valence-electron chi connectivity index (χ1n) is 7.88. The quantitative estimate of drug-likeness (QED) is 0.849. The van der Waals surface area contributed by atoms with Crippen LogP contribution in [-0.4, -0.2) is 44.8 Å². The zero-order valence-corrected chi connectivity index (χ0v) is 14.2. The average Bonchev–Trinajstić information content (AvgIpc) is 2.98. The Kier molecular flexibility index (Phi) is 5.69. The van der Waals surface area contributed by atoms with E-state index in [1.54, 1.807) is 26.0 Å². The lowest BCUT2D eigenvalue weighted by atomic mass is 10.1. The summed E-state index contributed by atoms with van der Waals surface area (Å²) in [5, 5.41) is 12.7. The Labute approximate surface area is 147 Å². The minimum absolute atomic E-state index is 0.0258. The van der Waals surface area contributed by atoms with E-state index >= 15 is 0 Å². The lowest BCUT2D eigenvalue weighted by Gasteiger charge is -2.20. The molecule has 0 radical (unpaired) electrons. The third-order valence-corrected chi connectivity index (χ3v) is 3.62. The van der Waals surface area contributed by atoms with Crippen molar-refractivity contribution < 1.29 is 27.9 Å². The molecule has 1 heterocycles. The van der Waals surface area contributed by atoms with Crippen LogP contribution < -0.4 is 0 Å². The molecule has 0 saturated carbocycles. The number of aliphatic carboxylic acids is 1. The standard InChI is InChI=1S/C17H18F3N3O3/c1-3-7-22(10-14(24)25)16(26)13-9-21-23(15(13)17(18,19)20)12-6-4-5-11(2)8-12/h4-6,8-9H,3,7,10H2,1-2H3,(H,24,25). The number of amides is 1. The van der Waals surface area contributed by atoms with Gasteiger partial charge in [-0.25, -0.2) is 4.68 Å². The number of rotatable bonds is 6. The number of halogens is 3. The van der Waals surface area contributed by atoms with Gasteiger partial charge in [-0.1, -0.05) is 19.1 Å². The number of carbonyl (C=O) groups is 2. The zero-order valence-electron chi connectivity index (χ0n) is 14.2. The predicted octanol–water partition coefficient (Wildman–Crippen LogP) is 3.14. The second-order valence-electron chi connectivity index (χ2n) is 5.78. The van der Waals surface area contributed by atoms with Crippen LogP contribution in [0.15, 0.2) is 30.5 Å². The van der Waals surface area contributed by atoms with Gasteiger partial charge in [0.05, 0.1) is 17.4 Å². The van der Waals surface area contributed by atoms with E-state index < -0.39 is 35.9 Å². The number of aryl methyl sites for hydroxylation is 1. The van der Waals surface area contributed by atoms with Crippen molar-refractivity contribution in [2.45, 2.75) is 26.4 Å². The van der Waals surface area contributed by atoms with Crippen LogP contribution in [0.5, 0.6) is 0 Å². The van der Waals surface area contributed by atoms with E-state index in [0.717, 1.165) is 16.7 Å². The van der Waals surface area contributed by atoms with Crippen LogP contribution >= 0.6 is 0 Å². The Morgan fingerprint density at radius 2 is 2.00 bits per heavy atom. The molecule has 0 aliphatic heterocycles. The highest BCUT2D eigenvalue weighted by Crippen LogP contribution is 2.34. The van der Waals surface area contributed by atoms with Gasteiger partial charge in [-0.3, -0.25) is 9.59 Å². The molecule has 1 amide bonds. The fraction of sp³-hybridized carbons (Fsp3) is 0.353. The van der Waals surface area contributed by atoms with Crippen molar-refractivity contribution in [3.05, 3.63) is 47.3 Å². The summed E-state index contributed by atoms with van der Waals surface area (Å²) in [5.74, 6) is -2.31. The maximum Gasteiger partial charge on any atom is 0.434 e. The largest absolute Gasteiger partial charge is 0.480 e. The van der Waals surface area contributed by atoms with Crippen LogP contribution in [-0.2, 0) is 11.0 Å². The van der Waals surface area contributed by atoms with Gasteiger partial charge >= 0.3 is 12.1 Å². The molecule has 0 saturated heterocycles. The first kappa shape index (κ1) is 19.5. The molecule has 0 unspecified atom stereocenters. The molecule has 0 aliphatic carbocycles. The van der Waals surface area contributed by atoms with Gasteiger partial charge < -0.3 is 10.0 Å². The molecule has 0 aliphatic rings. The van der Waals surface area contributed by atoms with Gasteiger partial charge in [-0.15, -0.1) is 0 Å². The number of nitrogens with zero attached hydrogens (tertiary/aromatic N) is 3. The summed E-state index contributed by atoms with van der Waals surface area (Å²) in [4.78, 5) is 24.4. The van der Waals surface area contributed by atoms with Crippen molar-refractivity contribution in [3.8, 4) is 5.69 Å². The molecule has 2 aromatic rings. The molecule has 0 fully saturated rings. The van der Waals surface area contributed by atoms with Gasteiger partial charge in [0.25, 0.3) is 5.91 Å². The Morgan fingerprint density at radius 3 is 2.54 bits per heavy atom. The summed E-state index contributed by atoms with van der Waals surface area (Å²) < 4.78 is 41.6. The maximum absolute atomic E-state index is 13.7. The van der Waals surface area contributed by atoms with Crippen molar-refractivity contribution in [1.82, 2.24) is 14.7 Å². The van der Waals surface area contributed by atoms with E-state index in [0.29, 0.717) is 11.1 Å². The number of hydrogen-bond donors (Lipinski definition) is 1. The number of carboxylic acids is 1. The van der Waals surface area contributed by atoms with Crippen molar-refractivity contribution in [2.75, 3.05) is 13.1 Å². The highest BCUT2D eigenvalue weighted by Gasteiger charge is 2.41. The third kappa shape index (κ3) is 4.22. The number of carboxylic acid groups (broad SMARTS) is 1. The van der Waals surface area contributed by atoms with E-state index in [2.05, 4.69) is 5.10 Å².